The number of allylic oxidation sites excluding steroid dienone is 2. The van der Waals surface area contributed by atoms with E-state index in [0.29, 0.717) is 37.4 Å². The molecule has 0 radical (unpaired) electrons. The number of aliphatic hydroxyl groups is 1. The van der Waals surface area contributed by atoms with Crippen LogP contribution in [0.3, 0.4) is 0 Å². The van der Waals surface area contributed by atoms with Crippen molar-refractivity contribution < 1.29 is 38.3 Å². The quantitative estimate of drug-likeness (QED) is 0.293. The lowest BCUT2D eigenvalue weighted by Crippen LogP contribution is -2.58. The van der Waals surface area contributed by atoms with Gasteiger partial charge in [-0.15, -0.1) is 0 Å². The van der Waals surface area contributed by atoms with Gasteiger partial charge in [-0.3, -0.25) is 4.79 Å². The molecular weight excluding hydrogens is 572 g/mol. The van der Waals surface area contributed by atoms with Crippen LogP contribution in [-0.4, -0.2) is 79.4 Å². The third kappa shape index (κ3) is 6.69. The Morgan fingerprint density at radius 1 is 1.07 bits per heavy atom. The van der Waals surface area contributed by atoms with Gasteiger partial charge in [-0.1, -0.05) is 70.6 Å². The Hall–Kier alpha value is -2.07. The van der Waals surface area contributed by atoms with Crippen LogP contribution in [0.25, 0.3) is 0 Å². The van der Waals surface area contributed by atoms with Crippen LogP contribution < -0.4 is 0 Å². The molecule has 5 rings (SSSR count). The first-order valence-electron chi connectivity index (χ1n) is 16.9. The first kappa shape index (κ1) is 34.3. The second-order valence-corrected chi connectivity index (χ2v) is 13.8. The average Bonchev–Trinajstić information content (AvgIpc) is 3.34. The fraction of sp³-hybridized carbons (Fsp3) is 0.703. The molecule has 1 N–H and O–H groups in total. The fourth-order valence-electron chi connectivity index (χ4n) is 7.90. The number of esters is 1. The third-order valence-electron chi connectivity index (χ3n) is 10.6. The number of methoxy groups -OCH3 is 1. The van der Waals surface area contributed by atoms with Crippen molar-refractivity contribution in [2.24, 2.45) is 23.7 Å². The summed E-state index contributed by atoms with van der Waals surface area (Å²) >= 11 is 0. The van der Waals surface area contributed by atoms with Crippen molar-refractivity contribution in [3.8, 4) is 0 Å². The highest BCUT2D eigenvalue weighted by molar-refractivity contribution is 5.78. The number of rotatable bonds is 5. The van der Waals surface area contributed by atoms with Crippen LogP contribution in [0.1, 0.15) is 74.1 Å². The minimum atomic E-state index is -1.61. The van der Waals surface area contributed by atoms with Crippen LogP contribution in [-0.2, 0) is 33.2 Å². The minimum absolute atomic E-state index is 0.0140. The predicted molar refractivity (Wildman–Crippen MR) is 172 cm³/mol. The summed E-state index contributed by atoms with van der Waals surface area (Å²) in [6, 6.07) is 0. The van der Waals surface area contributed by atoms with Gasteiger partial charge < -0.3 is 33.5 Å². The first-order chi connectivity index (χ1) is 21.5. The van der Waals surface area contributed by atoms with Crippen LogP contribution in [0, 0.1) is 23.7 Å². The van der Waals surface area contributed by atoms with Crippen LogP contribution in [0.15, 0.2) is 59.3 Å². The number of hydrogen-bond acceptors (Lipinski definition) is 8. The summed E-state index contributed by atoms with van der Waals surface area (Å²) in [5, 5.41) is 12.4. The highest BCUT2D eigenvalue weighted by atomic mass is 16.7. The van der Waals surface area contributed by atoms with Crippen molar-refractivity contribution in [2.45, 2.75) is 122 Å². The molecule has 250 valence electrons. The van der Waals surface area contributed by atoms with Crippen molar-refractivity contribution in [1.82, 2.24) is 0 Å². The van der Waals surface area contributed by atoms with Gasteiger partial charge in [0.2, 0.25) is 0 Å². The van der Waals surface area contributed by atoms with Gasteiger partial charge in [0.05, 0.1) is 24.9 Å². The lowest BCUT2D eigenvalue weighted by atomic mass is 9.70. The van der Waals surface area contributed by atoms with E-state index in [1.54, 1.807) is 13.2 Å². The molecule has 5 aliphatic rings. The molecule has 8 nitrogen and oxygen atoms in total. The van der Waals surface area contributed by atoms with Crippen LogP contribution in [0.5, 0.6) is 0 Å². The molecule has 4 aliphatic heterocycles. The molecule has 2 fully saturated rings. The molecule has 2 bridgehead atoms. The zero-order valence-corrected chi connectivity index (χ0v) is 28.4. The smallest absolute Gasteiger partial charge is 0.316 e. The summed E-state index contributed by atoms with van der Waals surface area (Å²) in [7, 11) is 1.60. The molecule has 8 heteroatoms. The molecule has 1 unspecified atom stereocenters. The summed E-state index contributed by atoms with van der Waals surface area (Å²) < 4.78 is 38.1. The van der Waals surface area contributed by atoms with Gasteiger partial charge in [0.25, 0.3) is 0 Å². The highest BCUT2D eigenvalue weighted by Gasteiger charge is 2.60. The Morgan fingerprint density at radius 2 is 1.84 bits per heavy atom. The van der Waals surface area contributed by atoms with Gasteiger partial charge in [-0.2, -0.15) is 0 Å². The lowest BCUT2D eigenvalue weighted by molar-refractivity contribution is -0.300. The number of fused-ring (bicyclic) bond motifs is 2. The number of carbonyl (C=O) groups excluding carboxylic acids is 1. The minimum Gasteiger partial charge on any atom is -0.462 e. The SMILES string of the molecule is CCO[C@@H]1/C(C)=C/C[C@@H]2C[C@@H](C[C@]3(C=C[C@H](C)[C@@H]([C@@H](C)CC)O3)O2)OC(=O)[C@@H]2C=C(C)C(OC)[C@H]3OC/C(=C\C=C\[C@@H]1C)[C@]32O. The van der Waals surface area contributed by atoms with Crippen LogP contribution in [0.4, 0.5) is 0 Å². The maximum absolute atomic E-state index is 14.2. The summed E-state index contributed by atoms with van der Waals surface area (Å²) in [6.45, 7) is 15.5. The summed E-state index contributed by atoms with van der Waals surface area (Å²) in [5.74, 6) is -1.79. The van der Waals surface area contributed by atoms with Crippen molar-refractivity contribution in [3.05, 3.63) is 59.3 Å². The number of carbonyl (C=O) groups is 1. The van der Waals surface area contributed by atoms with Gasteiger partial charge in [-0.05, 0) is 55.9 Å². The normalized spacial score (nSPS) is 45.8. The summed E-state index contributed by atoms with van der Waals surface area (Å²) in [6.07, 6.45) is 14.6. The number of ether oxygens (including phenoxy) is 6. The van der Waals surface area contributed by atoms with Crippen LogP contribution in [0.2, 0.25) is 0 Å². The molecule has 2 saturated heterocycles. The average molecular weight is 627 g/mol. The van der Waals surface area contributed by atoms with Crippen LogP contribution >= 0.6 is 0 Å². The predicted octanol–water partition coefficient (Wildman–Crippen LogP) is 6.01. The first-order valence-corrected chi connectivity index (χ1v) is 16.9. The number of hydrogen-bond donors (Lipinski definition) is 1. The van der Waals surface area contributed by atoms with E-state index in [2.05, 4.69) is 52.8 Å². The molecule has 0 amide bonds. The van der Waals surface area contributed by atoms with Gasteiger partial charge >= 0.3 is 5.97 Å². The second-order valence-electron chi connectivity index (χ2n) is 13.8. The van der Waals surface area contributed by atoms with Gasteiger partial charge in [0, 0.05) is 38.4 Å². The van der Waals surface area contributed by atoms with E-state index in [9.17, 15) is 9.90 Å². The molecule has 1 spiro atoms. The summed E-state index contributed by atoms with van der Waals surface area (Å²) in [4.78, 5) is 14.2. The van der Waals surface area contributed by atoms with Gasteiger partial charge in [-0.25, -0.2) is 0 Å². The summed E-state index contributed by atoms with van der Waals surface area (Å²) in [5.41, 5.74) is 0.966. The van der Waals surface area contributed by atoms with Crippen molar-refractivity contribution in [3.63, 3.8) is 0 Å². The Labute approximate surface area is 269 Å². The fourth-order valence-corrected chi connectivity index (χ4v) is 7.90. The molecule has 45 heavy (non-hydrogen) atoms. The topological polar surface area (TPSA) is 92.7 Å². The molecule has 0 aromatic carbocycles. The van der Waals surface area contributed by atoms with E-state index in [-0.39, 0.29) is 36.8 Å². The maximum atomic E-state index is 14.2. The van der Waals surface area contributed by atoms with E-state index >= 15 is 0 Å². The van der Waals surface area contributed by atoms with Crippen molar-refractivity contribution in [1.29, 1.82) is 0 Å². The molecule has 4 heterocycles. The molecule has 0 aromatic heterocycles. The maximum Gasteiger partial charge on any atom is 0.316 e. The molecular formula is C37H54O8. The Bertz CT molecular complexity index is 1230. The molecule has 12 atom stereocenters. The van der Waals surface area contributed by atoms with Gasteiger partial charge in [0.15, 0.2) is 5.79 Å². The zero-order chi connectivity index (χ0) is 32.5. The standard InChI is InChI=1S/C37H54O8/c1-9-22(3)32-25(6)16-17-36(45-32)20-29-19-28(44-36)15-14-24(5)31(41-10-2)23(4)12-11-13-27-21-42-34-33(40-8)26(7)18-30(35(38)43-29)37(27,34)39/h11-14,16-18,22-23,25,28-34,39H,9-10,15,19-21H2,1-8H3/b12-11+,24-14+,27-13+/t22-,23-,25-,28+,29-,30-,31-,32+,33?,34+,36+,37+/m0/s1. The van der Waals surface area contributed by atoms with Gasteiger partial charge in [0.1, 0.15) is 29.8 Å². The van der Waals surface area contributed by atoms with E-state index in [1.165, 1.54) is 0 Å². The zero-order valence-electron chi connectivity index (χ0n) is 28.4. The Balaban J connectivity index is 1.57. The van der Waals surface area contributed by atoms with E-state index in [0.717, 1.165) is 17.6 Å². The third-order valence-corrected chi connectivity index (χ3v) is 10.6. The molecule has 1 aliphatic carbocycles. The highest BCUT2D eigenvalue weighted by Crippen LogP contribution is 2.47. The monoisotopic (exact) mass is 626 g/mol. The largest absolute Gasteiger partial charge is 0.462 e. The van der Waals surface area contributed by atoms with Crippen molar-refractivity contribution >= 4 is 5.97 Å². The Kier molecular flexibility index (Phi) is 10.6. The Morgan fingerprint density at radius 3 is 2.56 bits per heavy atom. The van der Waals surface area contributed by atoms with Crippen molar-refractivity contribution in [2.75, 3.05) is 20.3 Å². The van der Waals surface area contributed by atoms with E-state index in [4.69, 9.17) is 28.4 Å². The second kappa shape index (κ2) is 14.0. The molecule has 0 aromatic rings. The van der Waals surface area contributed by atoms with E-state index < -0.39 is 41.6 Å². The lowest BCUT2D eigenvalue weighted by Gasteiger charge is -2.48. The molecule has 0 saturated carbocycles. The van der Waals surface area contributed by atoms with E-state index in [1.807, 2.05) is 32.1 Å².